The maximum absolute atomic E-state index is 12.4. The molecule has 3 N–H and O–H groups in total. The molecule has 0 unspecified atom stereocenters. The molecule has 1 aliphatic heterocycles. The molecule has 0 saturated carbocycles. The smallest absolute Gasteiger partial charge is 0.290 e. The second-order valence-corrected chi connectivity index (χ2v) is 5.81. The van der Waals surface area contributed by atoms with Gasteiger partial charge in [-0.25, -0.2) is 5.10 Å². The number of nitrogens with one attached hydrogen (secondary N) is 3. The van der Waals surface area contributed by atoms with E-state index in [1.54, 1.807) is 30.3 Å². The van der Waals surface area contributed by atoms with Crippen LogP contribution in [0.15, 0.2) is 53.3 Å². The first-order valence-corrected chi connectivity index (χ1v) is 7.95. The summed E-state index contributed by atoms with van der Waals surface area (Å²) in [6, 6.07) is 14.0. The van der Waals surface area contributed by atoms with Gasteiger partial charge in [0, 0.05) is 11.8 Å². The highest BCUT2D eigenvalue weighted by Gasteiger charge is 2.29. The Morgan fingerprint density at radius 2 is 1.77 bits per heavy atom. The van der Waals surface area contributed by atoms with Gasteiger partial charge < -0.3 is 4.74 Å². The number of fused-ring (bicyclic) bond motifs is 2. The summed E-state index contributed by atoms with van der Waals surface area (Å²) in [4.78, 5) is 36.4. The average Bonchev–Trinajstić information content (AvgIpc) is 3.11. The first kappa shape index (κ1) is 15.8. The highest BCUT2D eigenvalue weighted by atomic mass is 16.5. The molecule has 26 heavy (non-hydrogen) atoms. The zero-order chi connectivity index (χ0) is 18.1. The number of amides is 2. The minimum atomic E-state index is -0.715. The van der Waals surface area contributed by atoms with Crippen LogP contribution in [0.25, 0.3) is 10.8 Å². The zero-order valence-electron chi connectivity index (χ0n) is 13.5. The van der Waals surface area contributed by atoms with Gasteiger partial charge in [0.05, 0.1) is 5.39 Å². The van der Waals surface area contributed by atoms with Crippen LogP contribution in [0, 0.1) is 0 Å². The Morgan fingerprint density at radius 1 is 1.04 bits per heavy atom. The fourth-order valence-electron chi connectivity index (χ4n) is 2.87. The quantitative estimate of drug-likeness (QED) is 0.589. The van der Waals surface area contributed by atoms with E-state index in [4.69, 9.17) is 4.74 Å². The molecule has 0 bridgehead atoms. The lowest BCUT2D eigenvalue weighted by atomic mass is 10.1. The largest absolute Gasteiger partial charge is 0.480 e. The number of aromatic nitrogens is 2. The third kappa shape index (κ3) is 2.77. The number of hydrazine groups is 1. The molecule has 2 amide bonds. The molecule has 130 valence electrons. The van der Waals surface area contributed by atoms with Gasteiger partial charge in [-0.3, -0.25) is 25.2 Å². The van der Waals surface area contributed by atoms with Gasteiger partial charge in [-0.05, 0) is 17.7 Å². The Kier molecular flexibility index (Phi) is 3.85. The Hall–Kier alpha value is -3.68. The molecule has 0 radical (unpaired) electrons. The van der Waals surface area contributed by atoms with E-state index in [9.17, 15) is 14.4 Å². The highest BCUT2D eigenvalue weighted by Crippen LogP contribution is 2.27. The lowest BCUT2D eigenvalue weighted by molar-refractivity contribution is -0.128. The Balaban J connectivity index is 1.46. The number of carbonyl (C=O) groups excluding carboxylic acids is 2. The van der Waals surface area contributed by atoms with Crippen molar-refractivity contribution in [1.29, 1.82) is 0 Å². The normalized spacial score (nSPS) is 15.2. The predicted octanol–water partition coefficient (Wildman–Crippen LogP) is 0.688. The van der Waals surface area contributed by atoms with E-state index < -0.39 is 23.5 Å². The second kappa shape index (κ2) is 6.32. The van der Waals surface area contributed by atoms with Crippen molar-refractivity contribution >= 4 is 22.6 Å². The van der Waals surface area contributed by atoms with Crippen LogP contribution < -0.4 is 21.1 Å². The number of hydrogen-bond acceptors (Lipinski definition) is 5. The van der Waals surface area contributed by atoms with Crippen molar-refractivity contribution in [2.45, 2.75) is 12.5 Å². The minimum Gasteiger partial charge on any atom is -0.480 e. The molecular weight excluding hydrogens is 336 g/mol. The highest BCUT2D eigenvalue weighted by molar-refractivity contribution is 6.05. The first-order chi connectivity index (χ1) is 12.6. The van der Waals surface area contributed by atoms with Gasteiger partial charge in [0.2, 0.25) is 0 Å². The van der Waals surface area contributed by atoms with Crippen LogP contribution in [-0.2, 0) is 11.2 Å². The number of para-hydroxylation sites is 1. The van der Waals surface area contributed by atoms with Crippen LogP contribution >= 0.6 is 0 Å². The molecule has 8 nitrogen and oxygen atoms in total. The van der Waals surface area contributed by atoms with E-state index in [2.05, 4.69) is 21.0 Å². The van der Waals surface area contributed by atoms with E-state index in [-0.39, 0.29) is 5.69 Å². The zero-order valence-corrected chi connectivity index (χ0v) is 13.5. The number of hydrogen-bond donors (Lipinski definition) is 3. The average molecular weight is 350 g/mol. The molecule has 2 aromatic carbocycles. The summed E-state index contributed by atoms with van der Waals surface area (Å²) in [6.07, 6.45) is -0.287. The third-order valence-electron chi connectivity index (χ3n) is 4.15. The number of aromatic amines is 1. The predicted molar refractivity (Wildman–Crippen MR) is 92.5 cm³/mol. The summed E-state index contributed by atoms with van der Waals surface area (Å²) in [5, 5.41) is 6.79. The fraction of sp³-hybridized carbons (Fsp3) is 0.111. The van der Waals surface area contributed by atoms with E-state index >= 15 is 0 Å². The van der Waals surface area contributed by atoms with Gasteiger partial charge in [0.15, 0.2) is 11.8 Å². The number of H-pyrrole nitrogens is 1. The molecule has 0 spiro atoms. The molecular formula is C18H14N4O4. The summed E-state index contributed by atoms with van der Waals surface area (Å²) < 4.78 is 5.57. The molecule has 0 saturated heterocycles. The van der Waals surface area contributed by atoms with E-state index in [1.165, 1.54) is 0 Å². The standard InChI is InChI=1S/C18H14N4O4/c23-16-12-7-3-2-6-11(12)15(19-20-16)18(25)22-21-17(24)14-9-10-5-1-4-8-13(10)26-14/h1-8,14H,9H2,(H,20,23)(H,21,24)(H,22,25)/t14-/m1/s1. The van der Waals surface area contributed by atoms with Gasteiger partial charge in [-0.2, -0.15) is 5.10 Å². The Bertz CT molecular complexity index is 1050. The van der Waals surface area contributed by atoms with E-state index in [0.29, 0.717) is 22.9 Å². The Morgan fingerprint density at radius 3 is 2.58 bits per heavy atom. The van der Waals surface area contributed by atoms with Crippen LogP contribution in [0.2, 0.25) is 0 Å². The van der Waals surface area contributed by atoms with Gasteiger partial charge in [-0.15, -0.1) is 0 Å². The van der Waals surface area contributed by atoms with Crippen molar-refractivity contribution < 1.29 is 14.3 Å². The van der Waals surface area contributed by atoms with Crippen LogP contribution in [0.4, 0.5) is 0 Å². The molecule has 1 aromatic heterocycles. The number of ether oxygens (including phenoxy) is 1. The molecule has 1 atom stereocenters. The molecule has 4 rings (SSSR count). The summed E-state index contributed by atoms with van der Waals surface area (Å²) in [6.45, 7) is 0. The molecule has 2 heterocycles. The molecule has 8 heteroatoms. The number of benzene rings is 2. The number of carbonyl (C=O) groups is 2. The maximum Gasteiger partial charge on any atom is 0.290 e. The van der Waals surface area contributed by atoms with Crippen LogP contribution in [0.3, 0.4) is 0 Å². The van der Waals surface area contributed by atoms with Crippen molar-refractivity contribution in [3.63, 3.8) is 0 Å². The summed E-state index contributed by atoms with van der Waals surface area (Å²) in [5.41, 5.74) is 5.21. The van der Waals surface area contributed by atoms with Gasteiger partial charge >= 0.3 is 0 Å². The van der Waals surface area contributed by atoms with Crippen LogP contribution in [0.5, 0.6) is 5.75 Å². The van der Waals surface area contributed by atoms with Crippen molar-refractivity contribution in [3.8, 4) is 5.75 Å². The van der Waals surface area contributed by atoms with Crippen molar-refractivity contribution in [1.82, 2.24) is 21.0 Å². The summed E-state index contributed by atoms with van der Waals surface area (Å²) >= 11 is 0. The third-order valence-corrected chi connectivity index (χ3v) is 4.15. The minimum absolute atomic E-state index is 0.0103. The van der Waals surface area contributed by atoms with Crippen molar-refractivity contribution in [2.24, 2.45) is 0 Å². The SMILES string of the molecule is O=C(NNC(=O)[C@H]1Cc2ccccc2O1)c1n[nH]c(=O)c2ccccc12. The maximum atomic E-state index is 12.4. The lowest BCUT2D eigenvalue weighted by Gasteiger charge is -2.12. The van der Waals surface area contributed by atoms with E-state index in [1.807, 2.05) is 18.2 Å². The molecule has 0 aliphatic carbocycles. The van der Waals surface area contributed by atoms with Crippen LogP contribution in [-0.4, -0.2) is 28.1 Å². The first-order valence-electron chi connectivity index (χ1n) is 7.95. The monoisotopic (exact) mass is 350 g/mol. The van der Waals surface area contributed by atoms with Crippen molar-refractivity contribution in [2.75, 3.05) is 0 Å². The lowest BCUT2D eigenvalue weighted by Crippen LogP contribution is -2.48. The number of nitrogens with zero attached hydrogens (tertiary/aromatic N) is 1. The fourth-order valence-corrected chi connectivity index (χ4v) is 2.87. The van der Waals surface area contributed by atoms with Gasteiger partial charge in [0.25, 0.3) is 17.4 Å². The van der Waals surface area contributed by atoms with Gasteiger partial charge in [-0.1, -0.05) is 36.4 Å². The molecule has 0 fully saturated rings. The Labute approximate surface area is 147 Å². The number of rotatable bonds is 2. The topological polar surface area (TPSA) is 113 Å². The molecule has 1 aliphatic rings. The molecule has 3 aromatic rings. The van der Waals surface area contributed by atoms with Crippen molar-refractivity contribution in [3.05, 3.63) is 70.1 Å². The van der Waals surface area contributed by atoms with Crippen LogP contribution in [0.1, 0.15) is 16.1 Å². The summed E-state index contributed by atoms with van der Waals surface area (Å²) in [5.74, 6) is -0.447. The van der Waals surface area contributed by atoms with E-state index in [0.717, 1.165) is 5.56 Å². The summed E-state index contributed by atoms with van der Waals surface area (Å²) in [7, 11) is 0. The van der Waals surface area contributed by atoms with Gasteiger partial charge in [0.1, 0.15) is 5.75 Å². The second-order valence-electron chi connectivity index (χ2n) is 5.81.